The van der Waals surface area contributed by atoms with E-state index in [-0.39, 0.29) is 17.3 Å². The fourth-order valence-electron chi connectivity index (χ4n) is 3.53. The molecule has 1 fully saturated rings. The van der Waals surface area contributed by atoms with Gasteiger partial charge in [-0.25, -0.2) is 8.42 Å². The molecule has 3 aromatic rings. The molecule has 0 spiro atoms. The van der Waals surface area contributed by atoms with Crippen LogP contribution in [0.5, 0.6) is 5.75 Å². The summed E-state index contributed by atoms with van der Waals surface area (Å²) in [6.07, 6.45) is 2.91. The number of carbonyl (C=O) groups excluding carboxylic acids is 1. The molecule has 0 unspecified atom stereocenters. The predicted octanol–water partition coefficient (Wildman–Crippen LogP) is 2.79. The van der Waals surface area contributed by atoms with Crippen LogP contribution in [0.25, 0.3) is 17.0 Å². The maximum Gasteiger partial charge on any atom is 0.244 e. The monoisotopic (exact) mass is 456 g/mol. The molecule has 1 saturated heterocycles. The third-order valence-corrected chi connectivity index (χ3v) is 7.16. The highest BCUT2D eigenvalue weighted by Gasteiger charge is 2.28. The largest absolute Gasteiger partial charge is 0.493 e. The van der Waals surface area contributed by atoms with Crippen molar-refractivity contribution in [1.29, 1.82) is 0 Å². The van der Waals surface area contributed by atoms with Crippen LogP contribution in [0.4, 0.5) is 0 Å². The molecule has 1 N–H and O–H groups in total. The number of carbonyl (C=O) groups is 1. The van der Waals surface area contributed by atoms with E-state index in [0.29, 0.717) is 49.0 Å². The summed E-state index contributed by atoms with van der Waals surface area (Å²) in [7, 11) is -2.09. The van der Waals surface area contributed by atoms with Crippen molar-refractivity contribution in [2.24, 2.45) is 0 Å². The van der Waals surface area contributed by atoms with Gasteiger partial charge in [0.15, 0.2) is 11.3 Å². The van der Waals surface area contributed by atoms with E-state index in [4.69, 9.17) is 13.9 Å². The van der Waals surface area contributed by atoms with Crippen LogP contribution in [0.3, 0.4) is 0 Å². The number of sulfonamides is 1. The number of furan rings is 1. The average Bonchev–Trinajstić information content (AvgIpc) is 3.25. The van der Waals surface area contributed by atoms with Gasteiger partial charge in [-0.2, -0.15) is 4.31 Å². The van der Waals surface area contributed by atoms with Crippen molar-refractivity contribution in [2.45, 2.75) is 11.4 Å². The van der Waals surface area contributed by atoms with Gasteiger partial charge < -0.3 is 19.2 Å². The highest BCUT2D eigenvalue weighted by molar-refractivity contribution is 7.89. The average molecular weight is 457 g/mol. The normalized spacial score (nSPS) is 15.3. The maximum absolute atomic E-state index is 13.0. The highest BCUT2D eigenvalue weighted by Crippen LogP contribution is 2.29. The molecule has 0 atom stereocenters. The lowest BCUT2D eigenvalue weighted by molar-refractivity contribution is -0.116. The first kappa shape index (κ1) is 22.1. The Morgan fingerprint density at radius 2 is 1.94 bits per heavy atom. The predicted molar refractivity (Wildman–Crippen MR) is 120 cm³/mol. The highest BCUT2D eigenvalue weighted by atomic mass is 32.2. The Labute approximate surface area is 186 Å². The molecule has 0 saturated carbocycles. The summed E-state index contributed by atoms with van der Waals surface area (Å²) < 4.78 is 43.7. The Bertz CT molecular complexity index is 1240. The fourth-order valence-corrected chi connectivity index (χ4v) is 5.16. The van der Waals surface area contributed by atoms with Crippen LogP contribution >= 0.6 is 0 Å². The zero-order chi connectivity index (χ0) is 22.6. The molecule has 2 heterocycles. The molecule has 1 aromatic heterocycles. The Hall–Kier alpha value is -3.14. The minimum absolute atomic E-state index is 0.0802. The van der Waals surface area contributed by atoms with Gasteiger partial charge in [-0.15, -0.1) is 0 Å². The molecular formula is C23H24N2O6S. The molecule has 2 aromatic carbocycles. The summed E-state index contributed by atoms with van der Waals surface area (Å²) in [5.41, 5.74) is 1.13. The van der Waals surface area contributed by atoms with E-state index in [0.717, 1.165) is 5.39 Å². The number of hydrogen-bond acceptors (Lipinski definition) is 6. The van der Waals surface area contributed by atoms with E-state index < -0.39 is 10.0 Å². The van der Waals surface area contributed by atoms with E-state index in [1.165, 1.54) is 10.4 Å². The maximum atomic E-state index is 13.0. The van der Waals surface area contributed by atoms with E-state index in [1.807, 2.05) is 18.2 Å². The van der Waals surface area contributed by atoms with E-state index >= 15 is 0 Å². The standard InChI is InChI=1S/C23H24N2O6S/c1-29-20-7-4-6-17-15-19(31-23(17)20)9-10-22(26)24-16-18-5-2-3-8-21(18)32(27,28)25-11-13-30-14-12-25/h2-10,15H,11-14,16H2,1H3,(H,24,26)/b10-9+. The minimum Gasteiger partial charge on any atom is -0.493 e. The van der Waals surface area contributed by atoms with Crippen LogP contribution in [-0.4, -0.2) is 52.0 Å². The van der Waals surface area contributed by atoms with Gasteiger partial charge in [0, 0.05) is 31.1 Å². The third kappa shape index (κ3) is 4.69. The van der Waals surface area contributed by atoms with Gasteiger partial charge in [0.25, 0.3) is 0 Å². The topological polar surface area (TPSA) is 98.1 Å². The van der Waals surface area contributed by atoms with Crippen molar-refractivity contribution in [3.8, 4) is 5.75 Å². The molecule has 32 heavy (non-hydrogen) atoms. The van der Waals surface area contributed by atoms with Crippen molar-refractivity contribution >= 4 is 33.0 Å². The van der Waals surface area contributed by atoms with Crippen molar-refractivity contribution < 1.29 is 27.1 Å². The SMILES string of the molecule is COc1cccc2cc(/C=C/C(=O)NCc3ccccc3S(=O)(=O)N3CCOCC3)oc12. The molecule has 4 rings (SSSR count). The summed E-state index contributed by atoms with van der Waals surface area (Å²) in [5.74, 6) is 0.760. The van der Waals surface area contributed by atoms with Crippen LogP contribution in [0.2, 0.25) is 0 Å². The Morgan fingerprint density at radius 3 is 2.72 bits per heavy atom. The van der Waals surface area contributed by atoms with Crippen molar-refractivity contribution in [3.63, 3.8) is 0 Å². The minimum atomic E-state index is -3.66. The van der Waals surface area contributed by atoms with Gasteiger partial charge in [0.1, 0.15) is 5.76 Å². The summed E-state index contributed by atoms with van der Waals surface area (Å²) in [6, 6.07) is 14.0. The van der Waals surface area contributed by atoms with Gasteiger partial charge in [0.05, 0.1) is 25.2 Å². The van der Waals surface area contributed by atoms with Gasteiger partial charge in [-0.3, -0.25) is 4.79 Å². The number of benzene rings is 2. The second-order valence-electron chi connectivity index (χ2n) is 7.20. The summed E-state index contributed by atoms with van der Waals surface area (Å²) >= 11 is 0. The fraction of sp³-hybridized carbons (Fsp3) is 0.261. The molecule has 1 aliphatic heterocycles. The quantitative estimate of drug-likeness (QED) is 0.549. The summed E-state index contributed by atoms with van der Waals surface area (Å²) in [4.78, 5) is 12.5. The molecule has 168 valence electrons. The summed E-state index contributed by atoms with van der Waals surface area (Å²) in [5, 5.41) is 3.61. The van der Waals surface area contributed by atoms with Crippen molar-refractivity contribution in [3.05, 3.63) is 65.9 Å². The Balaban J connectivity index is 1.45. The Morgan fingerprint density at radius 1 is 1.16 bits per heavy atom. The zero-order valence-electron chi connectivity index (χ0n) is 17.6. The summed E-state index contributed by atoms with van der Waals surface area (Å²) in [6.45, 7) is 1.45. The van der Waals surface area contributed by atoms with Crippen molar-refractivity contribution in [2.75, 3.05) is 33.4 Å². The molecule has 1 aliphatic rings. The van der Waals surface area contributed by atoms with E-state index in [2.05, 4.69) is 5.32 Å². The Kier molecular flexibility index (Phi) is 6.59. The van der Waals surface area contributed by atoms with Crippen LogP contribution in [-0.2, 0) is 26.1 Å². The molecule has 0 radical (unpaired) electrons. The first-order chi connectivity index (χ1) is 15.5. The number of para-hydroxylation sites is 1. The van der Waals surface area contributed by atoms with E-state index in [1.54, 1.807) is 43.5 Å². The number of nitrogens with zero attached hydrogens (tertiary/aromatic N) is 1. The van der Waals surface area contributed by atoms with Crippen LogP contribution in [0.1, 0.15) is 11.3 Å². The first-order valence-electron chi connectivity index (χ1n) is 10.2. The number of amides is 1. The molecular weight excluding hydrogens is 432 g/mol. The number of hydrogen-bond donors (Lipinski definition) is 1. The van der Waals surface area contributed by atoms with Crippen LogP contribution < -0.4 is 10.1 Å². The number of ether oxygens (including phenoxy) is 2. The van der Waals surface area contributed by atoms with Crippen molar-refractivity contribution in [1.82, 2.24) is 9.62 Å². The zero-order valence-corrected chi connectivity index (χ0v) is 18.4. The molecule has 8 nitrogen and oxygen atoms in total. The van der Waals surface area contributed by atoms with Crippen LogP contribution in [0, 0.1) is 0 Å². The molecule has 0 aliphatic carbocycles. The number of nitrogens with one attached hydrogen (secondary N) is 1. The third-order valence-electron chi connectivity index (χ3n) is 5.16. The van der Waals surface area contributed by atoms with Crippen LogP contribution in [0.15, 0.2) is 63.9 Å². The van der Waals surface area contributed by atoms with Gasteiger partial charge in [0.2, 0.25) is 15.9 Å². The second kappa shape index (κ2) is 9.56. The lowest BCUT2D eigenvalue weighted by Gasteiger charge is -2.27. The lowest BCUT2D eigenvalue weighted by Crippen LogP contribution is -2.41. The number of methoxy groups -OCH3 is 1. The van der Waals surface area contributed by atoms with Gasteiger partial charge in [-0.1, -0.05) is 30.3 Å². The number of rotatable bonds is 7. The number of morpholine rings is 1. The lowest BCUT2D eigenvalue weighted by atomic mass is 10.2. The molecule has 0 bridgehead atoms. The molecule has 1 amide bonds. The smallest absolute Gasteiger partial charge is 0.244 e. The first-order valence-corrected chi connectivity index (χ1v) is 11.6. The second-order valence-corrected chi connectivity index (χ2v) is 9.11. The molecule has 9 heteroatoms. The number of fused-ring (bicyclic) bond motifs is 1. The van der Waals surface area contributed by atoms with Gasteiger partial charge in [-0.05, 0) is 29.8 Å². The van der Waals surface area contributed by atoms with Gasteiger partial charge >= 0.3 is 0 Å². The van der Waals surface area contributed by atoms with E-state index in [9.17, 15) is 13.2 Å².